The molecule has 0 unspecified atom stereocenters. The van der Waals surface area contributed by atoms with Crippen LogP contribution in [0.15, 0.2) is 60.7 Å². The normalized spacial score (nSPS) is 10.5. The topological polar surface area (TPSA) is 66.9 Å². The summed E-state index contributed by atoms with van der Waals surface area (Å²) in [6.45, 7) is 1.79. The van der Waals surface area contributed by atoms with Crippen molar-refractivity contribution in [3.63, 3.8) is 0 Å². The number of carbonyl (C=O) groups is 1. The number of hydrogen-bond acceptors (Lipinski definition) is 4. The molecule has 6 heteroatoms. The highest BCUT2D eigenvalue weighted by Crippen LogP contribution is 2.22. The van der Waals surface area contributed by atoms with E-state index in [-0.39, 0.29) is 12.1 Å². The molecule has 0 atom stereocenters. The van der Waals surface area contributed by atoms with Gasteiger partial charge in [0, 0.05) is 11.5 Å². The molecule has 23 heavy (non-hydrogen) atoms. The zero-order chi connectivity index (χ0) is 16.1. The summed E-state index contributed by atoms with van der Waals surface area (Å²) < 4.78 is 4.05. The van der Waals surface area contributed by atoms with E-state index in [9.17, 15) is 4.79 Å². The minimum absolute atomic E-state index is 0.230. The van der Waals surface area contributed by atoms with E-state index in [1.807, 2.05) is 60.7 Å². The molecule has 0 aliphatic rings. The Hall–Kier alpha value is -2.73. The van der Waals surface area contributed by atoms with E-state index in [0.717, 1.165) is 22.7 Å². The Morgan fingerprint density at radius 2 is 1.57 bits per heavy atom. The highest BCUT2D eigenvalue weighted by atomic mass is 32.1. The standard InChI is InChI=1S/C17H16N4OS/c1-12-18-17(23-21-12)20-16(22)19-15(13-8-4-2-5-9-13)14-10-6-3-7-11-14/h2-11,15H,1H3,(H2,18,19,20,21,22). The maximum atomic E-state index is 12.3. The lowest BCUT2D eigenvalue weighted by molar-refractivity contribution is 0.250. The molecule has 0 aliphatic heterocycles. The number of hydrogen-bond donors (Lipinski definition) is 2. The van der Waals surface area contributed by atoms with E-state index in [2.05, 4.69) is 20.0 Å². The van der Waals surface area contributed by atoms with Crippen molar-refractivity contribution >= 4 is 22.7 Å². The number of aromatic nitrogens is 2. The van der Waals surface area contributed by atoms with Crippen LogP contribution in [0.25, 0.3) is 0 Å². The van der Waals surface area contributed by atoms with Gasteiger partial charge in [0.1, 0.15) is 5.82 Å². The molecule has 0 aliphatic carbocycles. The molecule has 0 radical (unpaired) electrons. The van der Waals surface area contributed by atoms with Gasteiger partial charge in [-0.15, -0.1) is 0 Å². The van der Waals surface area contributed by atoms with Gasteiger partial charge in [-0.25, -0.2) is 9.78 Å². The van der Waals surface area contributed by atoms with Crippen LogP contribution in [-0.4, -0.2) is 15.4 Å². The van der Waals surface area contributed by atoms with Gasteiger partial charge in [-0.1, -0.05) is 60.7 Å². The van der Waals surface area contributed by atoms with Crippen LogP contribution in [0.1, 0.15) is 23.0 Å². The molecular formula is C17H16N4OS. The van der Waals surface area contributed by atoms with Crippen LogP contribution in [0.5, 0.6) is 0 Å². The summed E-state index contributed by atoms with van der Waals surface area (Å²) in [4.78, 5) is 16.4. The van der Waals surface area contributed by atoms with Crippen molar-refractivity contribution in [2.45, 2.75) is 13.0 Å². The summed E-state index contributed by atoms with van der Waals surface area (Å²) in [7, 11) is 0. The molecule has 1 heterocycles. The maximum Gasteiger partial charge on any atom is 0.321 e. The zero-order valence-corrected chi connectivity index (χ0v) is 13.4. The van der Waals surface area contributed by atoms with Crippen molar-refractivity contribution < 1.29 is 4.79 Å². The molecule has 0 saturated heterocycles. The van der Waals surface area contributed by atoms with Crippen molar-refractivity contribution in [2.24, 2.45) is 0 Å². The minimum Gasteiger partial charge on any atom is -0.327 e. The zero-order valence-electron chi connectivity index (χ0n) is 12.6. The number of aryl methyl sites for hydroxylation is 1. The average Bonchev–Trinajstić information content (AvgIpc) is 2.99. The lowest BCUT2D eigenvalue weighted by Crippen LogP contribution is -2.33. The molecule has 116 valence electrons. The van der Waals surface area contributed by atoms with Gasteiger partial charge in [0.15, 0.2) is 0 Å². The Bertz CT molecular complexity index is 734. The van der Waals surface area contributed by atoms with Gasteiger partial charge >= 0.3 is 6.03 Å². The van der Waals surface area contributed by atoms with E-state index in [1.54, 1.807) is 6.92 Å². The fraction of sp³-hybridized carbons (Fsp3) is 0.118. The number of urea groups is 1. The first kappa shape index (κ1) is 15.2. The van der Waals surface area contributed by atoms with Crippen molar-refractivity contribution in [3.8, 4) is 0 Å². The molecule has 0 saturated carbocycles. The van der Waals surface area contributed by atoms with Crippen molar-refractivity contribution in [1.29, 1.82) is 0 Å². The largest absolute Gasteiger partial charge is 0.327 e. The number of amides is 2. The van der Waals surface area contributed by atoms with Gasteiger partial charge in [0.05, 0.1) is 6.04 Å². The van der Waals surface area contributed by atoms with E-state index in [1.165, 1.54) is 0 Å². The van der Waals surface area contributed by atoms with Crippen LogP contribution in [0.3, 0.4) is 0 Å². The molecule has 5 nitrogen and oxygen atoms in total. The second kappa shape index (κ2) is 7.02. The predicted octanol–water partition coefficient (Wildman–Crippen LogP) is 3.76. The highest BCUT2D eigenvalue weighted by molar-refractivity contribution is 7.09. The van der Waals surface area contributed by atoms with E-state index >= 15 is 0 Å². The fourth-order valence-corrected chi connectivity index (χ4v) is 2.83. The third-order valence-corrected chi connectivity index (χ3v) is 4.01. The third kappa shape index (κ3) is 3.92. The summed E-state index contributed by atoms with van der Waals surface area (Å²) in [5.74, 6) is 0.646. The first-order chi connectivity index (χ1) is 11.2. The van der Waals surface area contributed by atoms with Gasteiger partial charge in [-0.05, 0) is 18.1 Å². The minimum atomic E-state index is -0.307. The fourth-order valence-electron chi connectivity index (χ4n) is 2.26. The van der Waals surface area contributed by atoms with Gasteiger partial charge in [-0.3, -0.25) is 5.32 Å². The molecule has 1 aromatic heterocycles. The number of rotatable bonds is 4. The highest BCUT2D eigenvalue weighted by Gasteiger charge is 2.17. The first-order valence-corrected chi connectivity index (χ1v) is 7.97. The van der Waals surface area contributed by atoms with Gasteiger partial charge in [-0.2, -0.15) is 4.37 Å². The molecule has 0 fully saturated rings. The van der Waals surface area contributed by atoms with E-state index in [0.29, 0.717) is 11.0 Å². The van der Waals surface area contributed by atoms with Crippen LogP contribution in [0, 0.1) is 6.92 Å². The summed E-state index contributed by atoms with van der Waals surface area (Å²) in [6, 6.07) is 19.2. The van der Waals surface area contributed by atoms with Crippen molar-refractivity contribution in [1.82, 2.24) is 14.7 Å². The monoisotopic (exact) mass is 324 g/mol. The molecule has 3 rings (SSSR count). The summed E-state index contributed by atoms with van der Waals surface area (Å²) in [6.07, 6.45) is 0. The molecule has 2 aromatic carbocycles. The molecule has 0 spiro atoms. The molecule has 2 amide bonds. The molecule has 3 aromatic rings. The molecular weight excluding hydrogens is 308 g/mol. The van der Waals surface area contributed by atoms with Crippen LogP contribution in [0.4, 0.5) is 9.93 Å². The van der Waals surface area contributed by atoms with Crippen LogP contribution in [-0.2, 0) is 0 Å². The van der Waals surface area contributed by atoms with E-state index < -0.39 is 0 Å². The third-order valence-electron chi connectivity index (χ3n) is 3.29. The first-order valence-electron chi connectivity index (χ1n) is 7.20. The molecule has 2 N–H and O–H groups in total. The number of nitrogens with one attached hydrogen (secondary N) is 2. The summed E-state index contributed by atoms with van der Waals surface area (Å²) in [5, 5.41) is 6.21. The van der Waals surface area contributed by atoms with Gasteiger partial charge in [0.2, 0.25) is 5.13 Å². The Kier molecular flexibility index (Phi) is 4.63. The predicted molar refractivity (Wildman–Crippen MR) is 91.5 cm³/mol. The number of carbonyl (C=O) groups excluding carboxylic acids is 1. The van der Waals surface area contributed by atoms with Crippen LogP contribution >= 0.6 is 11.5 Å². The second-order valence-corrected chi connectivity index (χ2v) is 5.75. The quantitative estimate of drug-likeness (QED) is 0.768. The maximum absolute atomic E-state index is 12.3. The smallest absolute Gasteiger partial charge is 0.321 e. The van der Waals surface area contributed by atoms with Gasteiger partial charge in [0.25, 0.3) is 0 Å². The van der Waals surface area contributed by atoms with Crippen molar-refractivity contribution in [3.05, 3.63) is 77.6 Å². The summed E-state index contributed by atoms with van der Waals surface area (Å²) in [5.41, 5.74) is 2.03. The molecule has 0 bridgehead atoms. The van der Waals surface area contributed by atoms with Crippen molar-refractivity contribution in [2.75, 3.05) is 5.32 Å². The summed E-state index contributed by atoms with van der Waals surface area (Å²) >= 11 is 1.16. The second-order valence-electron chi connectivity index (χ2n) is 5.00. The number of nitrogens with zero attached hydrogens (tertiary/aromatic N) is 2. The van der Waals surface area contributed by atoms with E-state index in [4.69, 9.17) is 0 Å². The number of anilines is 1. The Balaban J connectivity index is 1.80. The Morgan fingerprint density at radius 1 is 1.00 bits per heavy atom. The average molecular weight is 324 g/mol. The SMILES string of the molecule is Cc1nsc(NC(=O)NC(c2ccccc2)c2ccccc2)n1. The lowest BCUT2D eigenvalue weighted by Gasteiger charge is -2.19. The van der Waals surface area contributed by atoms with Crippen LogP contribution < -0.4 is 10.6 Å². The Morgan fingerprint density at radius 3 is 2.04 bits per heavy atom. The van der Waals surface area contributed by atoms with Crippen LogP contribution in [0.2, 0.25) is 0 Å². The van der Waals surface area contributed by atoms with Gasteiger partial charge < -0.3 is 5.32 Å². The number of benzene rings is 2. The lowest BCUT2D eigenvalue weighted by atomic mass is 9.99. The Labute approximate surface area is 138 Å².